The second-order valence-corrected chi connectivity index (χ2v) is 6.15. The van der Waals surface area contributed by atoms with Crippen molar-refractivity contribution in [1.82, 2.24) is 14.7 Å². The first-order chi connectivity index (χ1) is 11.4. The average molecular weight is 350 g/mol. The Morgan fingerprint density at radius 3 is 2.25 bits per heavy atom. The number of hydrogen-bond donors (Lipinski definition) is 0. The smallest absolute Gasteiger partial charge is 0.263 e. The third-order valence-electron chi connectivity index (χ3n) is 4.32. The number of nitrogens with zero attached hydrogens (tertiary/aromatic N) is 3. The van der Waals surface area contributed by atoms with Gasteiger partial charge in [-0.3, -0.25) is 24.1 Å². The minimum absolute atomic E-state index is 0.0305. The lowest BCUT2D eigenvalue weighted by Gasteiger charge is -2.34. The molecule has 2 heterocycles. The van der Waals surface area contributed by atoms with E-state index in [1.165, 1.54) is 19.1 Å². The van der Waals surface area contributed by atoms with Crippen LogP contribution in [-0.2, 0) is 9.59 Å². The highest BCUT2D eigenvalue weighted by Gasteiger charge is 2.39. The van der Waals surface area contributed by atoms with Crippen LogP contribution in [0.5, 0.6) is 0 Å². The molecule has 0 aliphatic carbocycles. The van der Waals surface area contributed by atoms with Crippen LogP contribution in [-0.4, -0.2) is 71.1 Å². The summed E-state index contributed by atoms with van der Waals surface area (Å²) in [6, 6.07) is 4.66. The Morgan fingerprint density at radius 1 is 1.04 bits per heavy atom. The summed E-state index contributed by atoms with van der Waals surface area (Å²) in [4.78, 5) is 52.6. The van der Waals surface area contributed by atoms with Gasteiger partial charge in [0.15, 0.2) is 0 Å². The zero-order valence-corrected chi connectivity index (χ0v) is 13.9. The van der Waals surface area contributed by atoms with Gasteiger partial charge in [0.2, 0.25) is 11.8 Å². The standard InChI is InChI=1S/C16H16ClN3O4/c1-10(21)18-5-7-19(8-6-18)13(22)9-20-15(23)11-3-2-4-12(17)14(11)16(20)24/h2-4H,5-9H2,1H3. The number of hydrogen-bond acceptors (Lipinski definition) is 4. The van der Waals surface area contributed by atoms with E-state index in [4.69, 9.17) is 11.6 Å². The van der Waals surface area contributed by atoms with E-state index in [1.54, 1.807) is 15.9 Å². The Morgan fingerprint density at radius 2 is 1.67 bits per heavy atom. The number of carbonyl (C=O) groups excluding carboxylic acids is 4. The third kappa shape index (κ3) is 2.75. The molecule has 2 aliphatic rings. The highest BCUT2D eigenvalue weighted by Crippen LogP contribution is 2.29. The molecule has 24 heavy (non-hydrogen) atoms. The van der Waals surface area contributed by atoms with Gasteiger partial charge in [-0.1, -0.05) is 17.7 Å². The van der Waals surface area contributed by atoms with Crippen LogP contribution in [0.4, 0.5) is 0 Å². The van der Waals surface area contributed by atoms with Crippen LogP contribution in [0.2, 0.25) is 5.02 Å². The molecule has 4 amide bonds. The summed E-state index contributed by atoms with van der Waals surface area (Å²) < 4.78 is 0. The molecule has 0 saturated carbocycles. The zero-order valence-electron chi connectivity index (χ0n) is 13.1. The van der Waals surface area contributed by atoms with Crippen molar-refractivity contribution in [2.45, 2.75) is 6.92 Å². The minimum Gasteiger partial charge on any atom is -0.339 e. The quantitative estimate of drug-likeness (QED) is 0.734. The largest absolute Gasteiger partial charge is 0.339 e. The van der Waals surface area contributed by atoms with Crippen molar-refractivity contribution in [3.05, 3.63) is 34.3 Å². The molecule has 0 spiro atoms. The Labute approximate surface area is 143 Å². The molecular weight excluding hydrogens is 334 g/mol. The number of piperazine rings is 1. The Bertz CT molecular complexity index is 741. The van der Waals surface area contributed by atoms with E-state index in [2.05, 4.69) is 0 Å². The van der Waals surface area contributed by atoms with E-state index in [1.807, 2.05) is 0 Å². The predicted octanol–water partition coefficient (Wildman–Crippen LogP) is 0.627. The van der Waals surface area contributed by atoms with E-state index < -0.39 is 11.8 Å². The first-order valence-corrected chi connectivity index (χ1v) is 7.96. The fraction of sp³-hybridized carbons (Fsp3) is 0.375. The second kappa shape index (κ2) is 6.24. The number of benzene rings is 1. The van der Waals surface area contributed by atoms with Crippen molar-refractivity contribution < 1.29 is 19.2 Å². The van der Waals surface area contributed by atoms with Crippen LogP contribution in [0, 0.1) is 0 Å². The molecule has 0 radical (unpaired) electrons. The molecule has 126 valence electrons. The summed E-state index contributed by atoms with van der Waals surface area (Å²) in [6.07, 6.45) is 0. The Hall–Kier alpha value is -2.41. The van der Waals surface area contributed by atoms with Crippen LogP contribution in [0.3, 0.4) is 0 Å². The summed E-state index contributed by atoms with van der Waals surface area (Å²) in [5.41, 5.74) is 0.375. The maximum Gasteiger partial charge on any atom is 0.263 e. The maximum atomic E-state index is 12.4. The summed E-state index contributed by atoms with van der Waals surface area (Å²) in [5.74, 6) is -1.40. The molecule has 7 nitrogen and oxygen atoms in total. The molecule has 2 aliphatic heterocycles. The summed E-state index contributed by atoms with van der Waals surface area (Å²) in [7, 11) is 0. The van der Waals surface area contributed by atoms with E-state index in [9.17, 15) is 19.2 Å². The lowest BCUT2D eigenvalue weighted by atomic mass is 10.1. The average Bonchev–Trinajstić information content (AvgIpc) is 2.81. The van der Waals surface area contributed by atoms with Gasteiger partial charge in [0, 0.05) is 33.1 Å². The van der Waals surface area contributed by atoms with E-state index in [0.717, 1.165) is 4.90 Å². The van der Waals surface area contributed by atoms with E-state index in [-0.39, 0.29) is 34.5 Å². The van der Waals surface area contributed by atoms with Crippen molar-refractivity contribution in [1.29, 1.82) is 0 Å². The number of fused-ring (bicyclic) bond motifs is 1. The van der Waals surface area contributed by atoms with Crippen LogP contribution in [0.1, 0.15) is 27.6 Å². The molecule has 3 rings (SSSR count). The molecule has 0 N–H and O–H groups in total. The fourth-order valence-corrected chi connectivity index (χ4v) is 3.20. The van der Waals surface area contributed by atoms with Gasteiger partial charge in [-0.15, -0.1) is 0 Å². The van der Waals surface area contributed by atoms with Crippen LogP contribution >= 0.6 is 11.6 Å². The van der Waals surface area contributed by atoms with Crippen LogP contribution in [0.25, 0.3) is 0 Å². The van der Waals surface area contributed by atoms with Gasteiger partial charge >= 0.3 is 0 Å². The molecule has 1 fully saturated rings. The minimum atomic E-state index is -0.545. The van der Waals surface area contributed by atoms with Gasteiger partial charge in [-0.2, -0.15) is 0 Å². The van der Waals surface area contributed by atoms with Gasteiger partial charge in [0.1, 0.15) is 6.54 Å². The topological polar surface area (TPSA) is 78.0 Å². The lowest BCUT2D eigenvalue weighted by molar-refractivity contribution is -0.138. The molecule has 8 heteroatoms. The zero-order chi connectivity index (χ0) is 17.4. The van der Waals surface area contributed by atoms with Crippen molar-refractivity contribution in [3.8, 4) is 0 Å². The van der Waals surface area contributed by atoms with Gasteiger partial charge < -0.3 is 9.80 Å². The second-order valence-electron chi connectivity index (χ2n) is 5.75. The van der Waals surface area contributed by atoms with Crippen LogP contribution in [0.15, 0.2) is 18.2 Å². The molecule has 1 aromatic rings. The molecule has 0 atom stereocenters. The summed E-state index contributed by atoms with van der Waals surface area (Å²) in [5, 5.41) is 0.205. The molecule has 0 bridgehead atoms. The van der Waals surface area contributed by atoms with Crippen molar-refractivity contribution >= 4 is 35.2 Å². The number of carbonyl (C=O) groups is 4. The number of rotatable bonds is 2. The van der Waals surface area contributed by atoms with Gasteiger partial charge in [-0.25, -0.2) is 0 Å². The predicted molar refractivity (Wildman–Crippen MR) is 85.7 cm³/mol. The first-order valence-electron chi connectivity index (χ1n) is 7.58. The van der Waals surface area contributed by atoms with E-state index >= 15 is 0 Å². The highest BCUT2D eigenvalue weighted by atomic mass is 35.5. The van der Waals surface area contributed by atoms with Crippen molar-refractivity contribution in [2.75, 3.05) is 32.7 Å². The molecule has 0 unspecified atom stereocenters. The number of halogens is 1. The first kappa shape index (κ1) is 16.4. The molecule has 1 aromatic carbocycles. The summed E-state index contributed by atoms with van der Waals surface area (Å²) in [6.45, 7) is 2.86. The molecule has 1 saturated heterocycles. The summed E-state index contributed by atoms with van der Waals surface area (Å²) >= 11 is 5.99. The van der Waals surface area contributed by atoms with Gasteiger partial charge in [0.25, 0.3) is 11.8 Å². The fourth-order valence-electron chi connectivity index (χ4n) is 2.94. The SMILES string of the molecule is CC(=O)N1CCN(C(=O)CN2C(=O)c3cccc(Cl)c3C2=O)CC1. The third-order valence-corrected chi connectivity index (χ3v) is 4.63. The van der Waals surface area contributed by atoms with E-state index in [0.29, 0.717) is 26.2 Å². The number of amides is 4. The normalized spacial score (nSPS) is 17.3. The van der Waals surface area contributed by atoms with Crippen molar-refractivity contribution in [3.63, 3.8) is 0 Å². The maximum absolute atomic E-state index is 12.4. The van der Waals surface area contributed by atoms with Crippen LogP contribution < -0.4 is 0 Å². The molecular formula is C16H16ClN3O4. The van der Waals surface area contributed by atoms with Crippen molar-refractivity contribution in [2.24, 2.45) is 0 Å². The molecule has 0 aromatic heterocycles. The Kier molecular flexibility index (Phi) is 4.28. The lowest BCUT2D eigenvalue weighted by Crippen LogP contribution is -2.52. The monoisotopic (exact) mass is 349 g/mol. The highest BCUT2D eigenvalue weighted by molar-refractivity contribution is 6.37. The van der Waals surface area contributed by atoms with Gasteiger partial charge in [-0.05, 0) is 12.1 Å². The number of imide groups is 1. The Balaban J connectivity index is 1.68. The van der Waals surface area contributed by atoms with Gasteiger partial charge in [0.05, 0.1) is 16.1 Å².